The largest absolute Gasteiger partial charge is 0.184 e. The molecule has 0 aliphatic heterocycles. The molecule has 0 bridgehead atoms. The first-order chi connectivity index (χ1) is 3.00. The van der Waals surface area contributed by atoms with E-state index < -0.39 is 0 Å². The molecule has 0 unspecified atom stereocenters. The van der Waals surface area contributed by atoms with Crippen LogP contribution in [0.25, 0.3) is 0 Å². The summed E-state index contributed by atoms with van der Waals surface area (Å²) in [6.07, 6.45) is 0. The van der Waals surface area contributed by atoms with Crippen molar-refractivity contribution in [3.8, 4) is 0 Å². The number of hydrogen-bond donors (Lipinski definition) is 0. The van der Waals surface area contributed by atoms with Crippen molar-refractivity contribution in [2.75, 3.05) is 0 Å². The minimum absolute atomic E-state index is 0. The van der Waals surface area contributed by atoms with Crippen molar-refractivity contribution in [1.29, 1.82) is 0 Å². The van der Waals surface area contributed by atoms with E-state index in [0.717, 1.165) is 0 Å². The Hall–Kier alpha value is -0.286. The van der Waals surface area contributed by atoms with Crippen LogP contribution in [0.3, 0.4) is 0 Å². The van der Waals surface area contributed by atoms with E-state index in [9.17, 15) is 0 Å². The van der Waals surface area contributed by atoms with Crippen LogP contribution in [0.2, 0.25) is 0 Å². The minimum atomic E-state index is 0. The maximum Gasteiger partial charge on any atom is 0 e. The average molecular weight is 136 g/mol. The Morgan fingerprint density at radius 1 is 0.857 bits per heavy atom. The zero-order valence-corrected chi connectivity index (χ0v) is 4.69. The minimum Gasteiger partial charge on any atom is -0.184 e. The van der Waals surface area contributed by atoms with E-state index in [1.165, 1.54) is 0 Å². The van der Waals surface area contributed by atoms with Gasteiger partial charge in [-0.3, -0.25) is 0 Å². The van der Waals surface area contributed by atoms with Crippen LogP contribution in [-0.2, 0) is 16.5 Å². The van der Waals surface area contributed by atoms with Crippen molar-refractivity contribution in [2.24, 2.45) is 0 Å². The summed E-state index contributed by atoms with van der Waals surface area (Å²) < 4.78 is 0. The van der Waals surface area contributed by atoms with Gasteiger partial charge in [-0.05, 0) is 0 Å². The molecule has 0 aliphatic carbocycles. The maximum absolute atomic E-state index is 2.89. The summed E-state index contributed by atoms with van der Waals surface area (Å²) in [4.78, 5) is 0. The van der Waals surface area contributed by atoms with Crippen molar-refractivity contribution in [2.45, 2.75) is 0 Å². The van der Waals surface area contributed by atoms with Crippen molar-refractivity contribution in [3.05, 3.63) is 36.4 Å². The van der Waals surface area contributed by atoms with Crippen LogP contribution < -0.4 is 0 Å². The van der Waals surface area contributed by atoms with Gasteiger partial charge in [-0.25, -0.2) is 0 Å². The summed E-state index contributed by atoms with van der Waals surface area (Å²) in [5, 5.41) is 0. The van der Waals surface area contributed by atoms with Crippen LogP contribution in [0.15, 0.2) is 30.3 Å². The van der Waals surface area contributed by atoms with Crippen LogP contribution in [0, 0.1) is 6.07 Å². The first kappa shape index (κ1) is 6.71. The fourth-order valence-electron chi connectivity index (χ4n) is 0.342. The van der Waals surface area contributed by atoms with Gasteiger partial charge in [-0.1, -0.05) is 0 Å². The molecule has 0 spiro atoms. The predicted octanol–water partition coefficient (Wildman–Crippen LogP) is 1.48. The number of rotatable bonds is 0. The second-order valence-electron chi connectivity index (χ2n) is 1.08. The fraction of sp³-hybridized carbons (Fsp3) is 0. The van der Waals surface area contributed by atoms with Crippen LogP contribution >= 0.6 is 0 Å². The van der Waals surface area contributed by atoms with Crippen LogP contribution in [-0.4, -0.2) is 0 Å². The van der Waals surface area contributed by atoms with E-state index in [-0.39, 0.29) is 16.5 Å². The van der Waals surface area contributed by atoms with Gasteiger partial charge in [0.2, 0.25) is 0 Å². The van der Waals surface area contributed by atoms with Gasteiger partial charge in [0.1, 0.15) is 0 Å². The summed E-state index contributed by atoms with van der Waals surface area (Å²) in [7, 11) is 0. The maximum atomic E-state index is 2.89. The SMILES string of the molecule is [Ni].[c-]1ccccc1. The third-order valence-electron chi connectivity index (χ3n) is 0.607. The van der Waals surface area contributed by atoms with Crippen molar-refractivity contribution in [1.82, 2.24) is 0 Å². The predicted molar refractivity (Wildman–Crippen MR) is 25.3 cm³/mol. The molecule has 1 rings (SSSR count). The van der Waals surface area contributed by atoms with Gasteiger partial charge < -0.3 is 0 Å². The Balaban J connectivity index is 0.000000360. The van der Waals surface area contributed by atoms with Crippen molar-refractivity contribution >= 4 is 0 Å². The first-order valence-corrected chi connectivity index (χ1v) is 1.91. The topological polar surface area (TPSA) is 0 Å². The normalized spacial score (nSPS) is 6.86. The van der Waals surface area contributed by atoms with E-state index in [1.54, 1.807) is 0 Å². The molecule has 0 aliphatic rings. The third-order valence-corrected chi connectivity index (χ3v) is 0.607. The molecule has 0 saturated heterocycles. The van der Waals surface area contributed by atoms with E-state index in [4.69, 9.17) is 0 Å². The molecule has 0 atom stereocenters. The van der Waals surface area contributed by atoms with Gasteiger partial charge in [0.15, 0.2) is 0 Å². The van der Waals surface area contributed by atoms with Crippen molar-refractivity contribution in [3.63, 3.8) is 0 Å². The molecular formula is C6H5Ni-. The smallest absolute Gasteiger partial charge is 0 e. The molecule has 0 saturated carbocycles. The van der Waals surface area contributed by atoms with Crippen LogP contribution in [0.5, 0.6) is 0 Å². The molecular weight excluding hydrogens is 131 g/mol. The fourth-order valence-corrected chi connectivity index (χ4v) is 0.342. The van der Waals surface area contributed by atoms with E-state index in [0.29, 0.717) is 0 Å². The summed E-state index contributed by atoms with van der Waals surface area (Å²) in [5.74, 6) is 0. The van der Waals surface area contributed by atoms with E-state index in [2.05, 4.69) is 6.07 Å². The van der Waals surface area contributed by atoms with E-state index >= 15 is 0 Å². The van der Waals surface area contributed by atoms with Gasteiger partial charge in [-0.2, -0.15) is 36.4 Å². The van der Waals surface area contributed by atoms with Gasteiger partial charge >= 0.3 is 0 Å². The Kier molecular flexibility index (Phi) is 3.73. The summed E-state index contributed by atoms with van der Waals surface area (Å²) in [5.41, 5.74) is 0. The monoisotopic (exact) mass is 135 g/mol. The molecule has 0 N–H and O–H groups in total. The Morgan fingerprint density at radius 2 is 1.43 bits per heavy atom. The van der Waals surface area contributed by atoms with Crippen LogP contribution in [0.4, 0.5) is 0 Å². The molecule has 7 heavy (non-hydrogen) atoms. The van der Waals surface area contributed by atoms with Gasteiger partial charge in [0, 0.05) is 16.5 Å². The molecule has 40 valence electrons. The molecule has 0 radical (unpaired) electrons. The second-order valence-corrected chi connectivity index (χ2v) is 1.08. The first-order valence-electron chi connectivity index (χ1n) is 1.91. The zero-order valence-electron chi connectivity index (χ0n) is 3.70. The molecule has 1 heteroatoms. The quantitative estimate of drug-likeness (QED) is 0.374. The van der Waals surface area contributed by atoms with E-state index in [1.807, 2.05) is 30.3 Å². The molecule has 1 aromatic rings. The molecule has 0 nitrogen and oxygen atoms in total. The Labute approximate surface area is 53.5 Å². The number of benzene rings is 1. The molecule has 1 aromatic carbocycles. The van der Waals surface area contributed by atoms with Crippen molar-refractivity contribution < 1.29 is 16.5 Å². The Morgan fingerprint density at radius 3 is 1.57 bits per heavy atom. The summed E-state index contributed by atoms with van der Waals surface area (Å²) in [6.45, 7) is 0. The molecule has 0 aromatic heterocycles. The summed E-state index contributed by atoms with van der Waals surface area (Å²) in [6, 6.07) is 12.5. The average Bonchev–Trinajstić information content (AvgIpc) is 1.72. The Bertz CT molecular complexity index is 76.1. The van der Waals surface area contributed by atoms with Gasteiger partial charge in [-0.15, -0.1) is 0 Å². The number of hydrogen-bond acceptors (Lipinski definition) is 0. The van der Waals surface area contributed by atoms with Gasteiger partial charge in [0.05, 0.1) is 0 Å². The van der Waals surface area contributed by atoms with Crippen LogP contribution in [0.1, 0.15) is 0 Å². The second kappa shape index (κ2) is 3.89. The third kappa shape index (κ3) is 2.41. The van der Waals surface area contributed by atoms with Gasteiger partial charge in [0.25, 0.3) is 0 Å². The zero-order chi connectivity index (χ0) is 4.24. The molecule has 0 fully saturated rings. The summed E-state index contributed by atoms with van der Waals surface area (Å²) >= 11 is 0. The molecule has 0 amide bonds. The molecule has 0 heterocycles. The standard InChI is InChI=1S/C6H5.Ni/c1-2-4-6-5-3-1;/h1-5H;/q-1;.